The number of carbonyl (C=O) groups excluding carboxylic acids is 1. The summed E-state index contributed by atoms with van der Waals surface area (Å²) in [4.78, 5) is 11.6. The summed E-state index contributed by atoms with van der Waals surface area (Å²) in [5, 5.41) is 0. The molecule has 1 aliphatic carbocycles. The Labute approximate surface area is 87.6 Å². The number of allylic oxidation sites excluding steroid dienone is 5. The molecule has 0 amide bonds. The monoisotopic (exact) mass is 210 g/mol. The average molecular weight is 210 g/mol. The van der Waals surface area contributed by atoms with E-state index < -0.39 is 11.2 Å². The average Bonchev–Trinajstić information content (AvgIpc) is 2.00. The minimum absolute atomic E-state index is 0.0322. The van der Waals surface area contributed by atoms with E-state index in [-0.39, 0.29) is 11.5 Å². The van der Waals surface area contributed by atoms with Gasteiger partial charge >= 0.3 is 0 Å². The molecule has 0 N–H and O–H groups in total. The molecule has 3 heteroatoms. The van der Waals surface area contributed by atoms with E-state index in [1.165, 1.54) is 6.92 Å². The molecule has 0 saturated carbocycles. The summed E-state index contributed by atoms with van der Waals surface area (Å²) in [6.45, 7) is 1.46. The first-order valence-corrected chi connectivity index (χ1v) is 5.91. The van der Waals surface area contributed by atoms with Crippen LogP contribution in [-0.4, -0.2) is 16.1 Å². The van der Waals surface area contributed by atoms with Crippen LogP contribution in [0.15, 0.2) is 35.3 Å². The Bertz CT molecular complexity index is 290. The van der Waals surface area contributed by atoms with Gasteiger partial charge in [-0.3, -0.25) is 4.79 Å². The smallest absolute Gasteiger partial charge is 0.179 e. The first-order chi connectivity index (χ1) is 6.70. The summed E-state index contributed by atoms with van der Waals surface area (Å²) in [7, 11) is 0. The molecule has 0 saturated heterocycles. The van der Waals surface area contributed by atoms with Gasteiger partial charge in [-0.15, -0.1) is 0 Å². The lowest BCUT2D eigenvalue weighted by atomic mass is 10.2. The molecule has 1 aliphatic rings. The second-order valence-corrected chi connectivity index (χ2v) is 4.59. The van der Waals surface area contributed by atoms with E-state index in [1.54, 1.807) is 0 Å². The largest absolute Gasteiger partial charge is 0.611 e. The summed E-state index contributed by atoms with van der Waals surface area (Å²) < 4.78 is 11.6. The minimum Gasteiger partial charge on any atom is -0.611 e. The van der Waals surface area contributed by atoms with Crippen molar-refractivity contribution in [3.05, 3.63) is 35.3 Å². The molecule has 76 valence electrons. The lowest BCUT2D eigenvalue weighted by Crippen LogP contribution is -2.14. The van der Waals surface area contributed by atoms with Crippen molar-refractivity contribution < 1.29 is 9.35 Å². The Kier molecular flexibility index (Phi) is 4.70. The third-order valence-electron chi connectivity index (χ3n) is 1.77. The van der Waals surface area contributed by atoms with Crippen molar-refractivity contribution in [2.45, 2.75) is 19.8 Å². The molecule has 0 fully saturated rings. The van der Waals surface area contributed by atoms with Gasteiger partial charge in [0, 0.05) is 0 Å². The summed E-state index contributed by atoms with van der Waals surface area (Å²) >= 11 is -1.16. The van der Waals surface area contributed by atoms with Crippen LogP contribution in [0.4, 0.5) is 0 Å². The van der Waals surface area contributed by atoms with Crippen LogP contribution in [0, 0.1) is 0 Å². The quantitative estimate of drug-likeness (QED) is 0.528. The second kappa shape index (κ2) is 5.83. The standard InChI is InChI=1S/C11H14O2S/c1-10(12)9-14(13)11-7-5-3-2-4-6-8-11/h2-3,6-8H,4-5,9H2,1H3/b3-2-,8-6-,11-7?. The van der Waals surface area contributed by atoms with E-state index in [0.717, 1.165) is 17.7 Å². The highest BCUT2D eigenvalue weighted by atomic mass is 32.2. The lowest BCUT2D eigenvalue weighted by Gasteiger charge is -2.09. The molecule has 0 spiro atoms. The Balaban J connectivity index is 2.64. The summed E-state index contributed by atoms with van der Waals surface area (Å²) in [6, 6.07) is 0. The molecule has 0 radical (unpaired) electrons. The van der Waals surface area contributed by atoms with Crippen molar-refractivity contribution in [2.24, 2.45) is 0 Å². The van der Waals surface area contributed by atoms with Gasteiger partial charge in [0.2, 0.25) is 0 Å². The summed E-state index contributed by atoms with van der Waals surface area (Å²) in [5.74, 6) is 0.0927. The zero-order valence-corrected chi connectivity index (χ0v) is 9.05. The van der Waals surface area contributed by atoms with Crippen LogP contribution in [-0.2, 0) is 16.0 Å². The first kappa shape index (κ1) is 11.3. The van der Waals surface area contributed by atoms with Gasteiger partial charge in [0.25, 0.3) is 0 Å². The Morgan fingerprint density at radius 1 is 1.43 bits per heavy atom. The summed E-state index contributed by atoms with van der Waals surface area (Å²) in [5.41, 5.74) is 0. The molecule has 0 aliphatic heterocycles. The zero-order valence-electron chi connectivity index (χ0n) is 8.23. The van der Waals surface area contributed by atoms with Crippen molar-refractivity contribution in [3.8, 4) is 0 Å². The number of hydrogen-bond donors (Lipinski definition) is 0. The van der Waals surface area contributed by atoms with Gasteiger partial charge < -0.3 is 4.55 Å². The normalized spacial score (nSPS) is 22.9. The highest BCUT2D eigenvalue weighted by Crippen LogP contribution is 2.13. The predicted octanol–water partition coefficient (Wildman–Crippen LogP) is 2.11. The van der Waals surface area contributed by atoms with Crippen LogP contribution >= 0.6 is 0 Å². The molecule has 0 aromatic heterocycles. The molecule has 0 aromatic rings. The van der Waals surface area contributed by atoms with Crippen LogP contribution in [0.3, 0.4) is 0 Å². The maximum absolute atomic E-state index is 11.6. The molecule has 0 aromatic carbocycles. The molecular weight excluding hydrogens is 196 g/mol. The van der Waals surface area contributed by atoms with Crippen molar-refractivity contribution >= 4 is 17.0 Å². The Morgan fingerprint density at radius 2 is 2.14 bits per heavy atom. The Morgan fingerprint density at radius 3 is 2.86 bits per heavy atom. The molecule has 14 heavy (non-hydrogen) atoms. The van der Waals surface area contributed by atoms with Crippen molar-refractivity contribution in [3.63, 3.8) is 0 Å². The van der Waals surface area contributed by atoms with Crippen LogP contribution < -0.4 is 0 Å². The molecule has 1 atom stereocenters. The second-order valence-electron chi connectivity index (χ2n) is 3.14. The predicted molar refractivity (Wildman–Crippen MR) is 59.3 cm³/mol. The maximum atomic E-state index is 11.6. The fourth-order valence-corrected chi connectivity index (χ4v) is 2.21. The third-order valence-corrected chi connectivity index (χ3v) is 3.27. The highest BCUT2D eigenvalue weighted by Gasteiger charge is 2.13. The molecule has 1 unspecified atom stereocenters. The first-order valence-electron chi connectivity index (χ1n) is 4.59. The van der Waals surface area contributed by atoms with Crippen LogP contribution in [0.1, 0.15) is 19.8 Å². The van der Waals surface area contributed by atoms with E-state index in [1.807, 2.05) is 24.3 Å². The van der Waals surface area contributed by atoms with E-state index in [9.17, 15) is 9.35 Å². The topological polar surface area (TPSA) is 40.1 Å². The molecule has 1 rings (SSSR count). The van der Waals surface area contributed by atoms with Crippen molar-refractivity contribution in [1.82, 2.24) is 0 Å². The van der Waals surface area contributed by atoms with Crippen molar-refractivity contribution in [2.75, 3.05) is 5.75 Å². The zero-order chi connectivity index (χ0) is 10.4. The van der Waals surface area contributed by atoms with Gasteiger partial charge in [-0.1, -0.05) is 18.2 Å². The van der Waals surface area contributed by atoms with Gasteiger partial charge in [0.15, 0.2) is 11.5 Å². The minimum atomic E-state index is -1.16. The van der Waals surface area contributed by atoms with Crippen LogP contribution in [0.5, 0.6) is 0 Å². The van der Waals surface area contributed by atoms with Gasteiger partial charge in [-0.05, 0) is 43.1 Å². The van der Waals surface area contributed by atoms with Gasteiger partial charge in [-0.25, -0.2) is 0 Å². The highest BCUT2D eigenvalue weighted by molar-refractivity contribution is 7.96. The van der Waals surface area contributed by atoms with E-state index in [4.69, 9.17) is 0 Å². The van der Waals surface area contributed by atoms with E-state index >= 15 is 0 Å². The number of carbonyl (C=O) groups is 1. The van der Waals surface area contributed by atoms with E-state index in [0.29, 0.717) is 0 Å². The third kappa shape index (κ3) is 3.94. The number of rotatable bonds is 3. The fraction of sp³-hybridized carbons (Fsp3) is 0.364. The fourth-order valence-electron chi connectivity index (χ4n) is 1.14. The maximum Gasteiger partial charge on any atom is 0.179 e. The van der Waals surface area contributed by atoms with Crippen molar-refractivity contribution in [1.29, 1.82) is 0 Å². The molecule has 2 nitrogen and oxygen atoms in total. The van der Waals surface area contributed by atoms with Gasteiger partial charge in [0.1, 0.15) is 4.91 Å². The lowest BCUT2D eigenvalue weighted by molar-refractivity contribution is -0.114. The number of hydrogen-bond acceptors (Lipinski definition) is 2. The van der Waals surface area contributed by atoms with Gasteiger partial charge in [0.05, 0.1) is 0 Å². The van der Waals surface area contributed by atoms with Gasteiger partial charge in [-0.2, -0.15) is 0 Å². The Hall–Kier alpha value is -0.800. The van der Waals surface area contributed by atoms with Crippen LogP contribution in [0.25, 0.3) is 0 Å². The summed E-state index contributed by atoms with van der Waals surface area (Å²) in [6.07, 6.45) is 11.5. The number of Topliss-reactive ketones (excluding diaryl/α,β-unsaturated/α-hetero) is 1. The van der Waals surface area contributed by atoms with E-state index in [2.05, 4.69) is 6.08 Å². The molecular formula is C11H14O2S. The SMILES string of the molecule is CC(=O)C[S+]([O-])C1=CC/C=C\C/C=C\1. The molecule has 0 heterocycles. The number of ketones is 1. The van der Waals surface area contributed by atoms with Crippen LogP contribution in [0.2, 0.25) is 0 Å². The molecule has 0 bridgehead atoms.